The molecule has 1 aromatic carbocycles. The molecule has 2 heterocycles. The van der Waals surface area contributed by atoms with E-state index in [4.69, 9.17) is 0 Å². The average molecular weight is 351 g/mol. The van der Waals surface area contributed by atoms with E-state index in [1.807, 2.05) is 49.2 Å². The third-order valence-electron chi connectivity index (χ3n) is 4.60. The number of rotatable bonds is 7. The minimum absolute atomic E-state index is 0.0320. The highest BCUT2D eigenvalue weighted by Gasteiger charge is 2.34. The van der Waals surface area contributed by atoms with Crippen LogP contribution in [0.25, 0.3) is 10.9 Å². The van der Waals surface area contributed by atoms with Gasteiger partial charge in [0.15, 0.2) is 0 Å². The van der Waals surface area contributed by atoms with Crippen molar-refractivity contribution in [1.82, 2.24) is 24.6 Å². The lowest BCUT2D eigenvalue weighted by Crippen LogP contribution is -2.47. The van der Waals surface area contributed by atoms with Crippen LogP contribution in [0, 0.1) is 0 Å². The maximum Gasteiger partial charge on any atom is 0.250 e. The third-order valence-corrected chi connectivity index (χ3v) is 4.60. The summed E-state index contributed by atoms with van der Waals surface area (Å²) in [6.45, 7) is 7.13. The van der Waals surface area contributed by atoms with Crippen molar-refractivity contribution in [3.05, 3.63) is 54.7 Å². The van der Waals surface area contributed by atoms with Crippen LogP contribution in [0.1, 0.15) is 39.2 Å². The number of fused-ring (bicyclic) bond motifs is 1. The summed E-state index contributed by atoms with van der Waals surface area (Å²) < 4.78 is 1.62. The van der Waals surface area contributed by atoms with Crippen LogP contribution in [-0.4, -0.2) is 37.1 Å². The molecule has 2 aromatic heterocycles. The molecule has 0 aliphatic carbocycles. The minimum Gasteiger partial charge on any atom is -0.336 e. The summed E-state index contributed by atoms with van der Waals surface area (Å²) in [6.07, 6.45) is 6.90. The summed E-state index contributed by atoms with van der Waals surface area (Å²) in [5.74, 6) is 0.0320. The first-order valence-corrected chi connectivity index (χ1v) is 9.00. The first-order valence-electron chi connectivity index (χ1n) is 9.00. The molecule has 0 spiro atoms. The fourth-order valence-electron chi connectivity index (χ4n) is 3.01. The number of nitrogens with zero attached hydrogens (tertiary/aromatic N) is 5. The fraction of sp³-hybridized carbons (Fsp3) is 0.400. The number of carbonyl (C=O) groups excluding carboxylic acids is 1. The number of hydrogen-bond donors (Lipinski definition) is 0. The van der Waals surface area contributed by atoms with Gasteiger partial charge in [0.2, 0.25) is 5.91 Å². The Bertz CT molecular complexity index is 873. The molecule has 0 atom stereocenters. The Hall–Kier alpha value is -2.76. The molecule has 0 unspecified atom stereocenters. The molecule has 0 fully saturated rings. The Balaban J connectivity index is 1.86. The molecule has 26 heavy (non-hydrogen) atoms. The third kappa shape index (κ3) is 3.74. The van der Waals surface area contributed by atoms with E-state index in [9.17, 15) is 4.79 Å². The highest BCUT2D eigenvalue weighted by atomic mass is 16.2. The number of benzene rings is 1. The number of carbonyl (C=O) groups is 1. The molecule has 0 aliphatic rings. The summed E-state index contributed by atoms with van der Waals surface area (Å²) in [7, 11) is 0. The Kier molecular flexibility index (Phi) is 5.30. The van der Waals surface area contributed by atoms with Crippen LogP contribution in [0.15, 0.2) is 49.2 Å². The van der Waals surface area contributed by atoms with E-state index in [-0.39, 0.29) is 5.91 Å². The topological polar surface area (TPSA) is 63.9 Å². The Morgan fingerprint density at radius 3 is 2.81 bits per heavy atom. The maximum absolute atomic E-state index is 13.3. The second kappa shape index (κ2) is 7.64. The van der Waals surface area contributed by atoms with Crippen LogP contribution in [0.4, 0.5) is 0 Å². The standard InChI is InChI=1S/C20H25N5O/c1-4-5-10-24(19(26)20(2,3)25-15-21-14-23-25)13-16-11-17-8-6-7-9-18(17)22-12-16/h6-9,11-12,14-15H,4-5,10,13H2,1-3H3. The number of para-hydroxylation sites is 1. The van der Waals surface area contributed by atoms with Gasteiger partial charge >= 0.3 is 0 Å². The van der Waals surface area contributed by atoms with Crippen molar-refractivity contribution >= 4 is 16.8 Å². The van der Waals surface area contributed by atoms with Crippen molar-refractivity contribution in [3.8, 4) is 0 Å². The van der Waals surface area contributed by atoms with Gasteiger partial charge in [-0.25, -0.2) is 9.67 Å². The van der Waals surface area contributed by atoms with Crippen molar-refractivity contribution in [1.29, 1.82) is 0 Å². The lowest BCUT2D eigenvalue weighted by molar-refractivity contribution is -0.140. The molecular formula is C20H25N5O. The molecule has 6 nitrogen and oxygen atoms in total. The van der Waals surface area contributed by atoms with Crippen LogP contribution in [-0.2, 0) is 16.9 Å². The van der Waals surface area contributed by atoms with E-state index in [0.717, 1.165) is 29.3 Å². The molecule has 6 heteroatoms. The predicted molar refractivity (Wildman–Crippen MR) is 101 cm³/mol. The highest BCUT2D eigenvalue weighted by molar-refractivity contribution is 5.84. The number of aromatic nitrogens is 4. The second-order valence-corrected chi connectivity index (χ2v) is 7.02. The number of hydrogen-bond acceptors (Lipinski definition) is 4. The van der Waals surface area contributed by atoms with Gasteiger partial charge in [-0.05, 0) is 38.0 Å². The normalized spacial score (nSPS) is 11.7. The van der Waals surface area contributed by atoms with Gasteiger partial charge in [-0.2, -0.15) is 5.10 Å². The van der Waals surface area contributed by atoms with Crippen molar-refractivity contribution in [2.75, 3.05) is 6.54 Å². The van der Waals surface area contributed by atoms with Crippen LogP contribution in [0.3, 0.4) is 0 Å². The van der Waals surface area contributed by atoms with Crippen LogP contribution < -0.4 is 0 Å². The average Bonchev–Trinajstić information content (AvgIpc) is 3.20. The van der Waals surface area contributed by atoms with Crippen LogP contribution >= 0.6 is 0 Å². The number of unbranched alkanes of at least 4 members (excludes halogenated alkanes) is 1. The first-order chi connectivity index (χ1) is 12.5. The zero-order valence-electron chi connectivity index (χ0n) is 15.6. The molecule has 0 radical (unpaired) electrons. The molecule has 0 saturated carbocycles. The van der Waals surface area contributed by atoms with Gasteiger partial charge in [-0.15, -0.1) is 0 Å². The van der Waals surface area contributed by atoms with E-state index >= 15 is 0 Å². The van der Waals surface area contributed by atoms with Gasteiger partial charge < -0.3 is 4.90 Å². The SMILES string of the molecule is CCCCN(Cc1cnc2ccccc2c1)C(=O)C(C)(C)n1cncn1. The summed E-state index contributed by atoms with van der Waals surface area (Å²) >= 11 is 0. The van der Waals surface area contributed by atoms with E-state index in [1.165, 1.54) is 6.33 Å². The van der Waals surface area contributed by atoms with Gasteiger partial charge in [0.05, 0.1) is 5.52 Å². The zero-order chi connectivity index (χ0) is 18.6. The summed E-state index contributed by atoms with van der Waals surface area (Å²) in [5, 5.41) is 5.25. The molecule has 1 amide bonds. The van der Waals surface area contributed by atoms with E-state index in [2.05, 4.69) is 28.1 Å². The summed E-state index contributed by atoms with van der Waals surface area (Å²) in [5.41, 5.74) is 1.21. The second-order valence-electron chi connectivity index (χ2n) is 7.02. The Morgan fingerprint density at radius 2 is 2.08 bits per heavy atom. The smallest absolute Gasteiger partial charge is 0.250 e. The predicted octanol–water partition coefficient (Wildman–Crippen LogP) is 3.39. The quantitative estimate of drug-likeness (QED) is 0.654. The minimum atomic E-state index is -0.783. The van der Waals surface area contributed by atoms with Gasteiger partial charge in [-0.1, -0.05) is 31.5 Å². The lowest BCUT2D eigenvalue weighted by Gasteiger charge is -2.32. The molecule has 3 rings (SSSR count). The molecule has 0 N–H and O–H groups in total. The molecule has 136 valence electrons. The monoisotopic (exact) mass is 351 g/mol. The van der Waals surface area contributed by atoms with E-state index in [0.29, 0.717) is 13.1 Å². The van der Waals surface area contributed by atoms with Gasteiger partial charge in [0.25, 0.3) is 0 Å². The molecule has 0 bridgehead atoms. The number of pyridine rings is 1. The summed E-state index contributed by atoms with van der Waals surface area (Å²) in [6, 6.07) is 10.1. The molecule has 0 aliphatic heterocycles. The van der Waals surface area contributed by atoms with Crippen molar-refractivity contribution in [2.45, 2.75) is 45.7 Å². The van der Waals surface area contributed by atoms with Gasteiger partial charge in [-0.3, -0.25) is 9.78 Å². The lowest BCUT2D eigenvalue weighted by atomic mass is 10.0. The van der Waals surface area contributed by atoms with Crippen molar-refractivity contribution in [3.63, 3.8) is 0 Å². The van der Waals surface area contributed by atoms with Crippen LogP contribution in [0.5, 0.6) is 0 Å². The van der Waals surface area contributed by atoms with E-state index in [1.54, 1.807) is 11.0 Å². The zero-order valence-corrected chi connectivity index (χ0v) is 15.6. The van der Waals surface area contributed by atoms with Gasteiger partial charge in [0.1, 0.15) is 18.2 Å². The van der Waals surface area contributed by atoms with Crippen molar-refractivity contribution < 1.29 is 4.79 Å². The molecule has 3 aromatic rings. The maximum atomic E-state index is 13.3. The van der Waals surface area contributed by atoms with E-state index < -0.39 is 5.54 Å². The Morgan fingerprint density at radius 1 is 1.27 bits per heavy atom. The Labute approximate surface area is 153 Å². The van der Waals surface area contributed by atoms with Gasteiger partial charge in [0, 0.05) is 24.7 Å². The number of amides is 1. The van der Waals surface area contributed by atoms with Crippen LogP contribution in [0.2, 0.25) is 0 Å². The first kappa shape index (κ1) is 18.0. The van der Waals surface area contributed by atoms with Crippen molar-refractivity contribution in [2.24, 2.45) is 0 Å². The fourth-order valence-corrected chi connectivity index (χ4v) is 3.01. The molecular weight excluding hydrogens is 326 g/mol. The highest BCUT2D eigenvalue weighted by Crippen LogP contribution is 2.20. The largest absolute Gasteiger partial charge is 0.336 e. The summed E-state index contributed by atoms with van der Waals surface area (Å²) in [4.78, 5) is 23.7. The molecule has 0 saturated heterocycles.